The van der Waals surface area contributed by atoms with E-state index in [0.717, 1.165) is 40.0 Å². The first-order valence-corrected chi connectivity index (χ1v) is 10.9. The Hall–Kier alpha value is -2.49. The lowest BCUT2D eigenvalue weighted by Crippen LogP contribution is -2.22. The molecule has 9 heteroatoms. The normalized spacial score (nSPS) is 12.0. The van der Waals surface area contributed by atoms with Crippen LogP contribution in [0.4, 0.5) is 0 Å². The largest absolute Gasteiger partial charge is 0.346 e. The molecule has 0 saturated carbocycles. The third-order valence-electron chi connectivity index (χ3n) is 4.14. The van der Waals surface area contributed by atoms with Gasteiger partial charge in [0.15, 0.2) is 0 Å². The van der Waals surface area contributed by atoms with Crippen molar-refractivity contribution in [2.45, 2.75) is 30.6 Å². The Labute approximate surface area is 161 Å². The van der Waals surface area contributed by atoms with Gasteiger partial charge in [0.25, 0.3) is 0 Å². The highest BCUT2D eigenvalue weighted by atomic mass is 32.2. The number of rotatable bonds is 7. The third kappa shape index (κ3) is 3.80. The highest BCUT2D eigenvalue weighted by molar-refractivity contribution is 7.91. The van der Waals surface area contributed by atoms with Crippen LogP contribution in [0.1, 0.15) is 18.9 Å². The third-order valence-corrected chi connectivity index (χ3v) is 7.16. The van der Waals surface area contributed by atoms with Crippen LogP contribution in [0.25, 0.3) is 21.5 Å². The van der Waals surface area contributed by atoms with E-state index in [1.807, 2.05) is 35.3 Å². The Bertz CT molecular complexity index is 1170. The van der Waals surface area contributed by atoms with Gasteiger partial charge in [0, 0.05) is 53.1 Å². The minimum absolute atomic E-state index is 0.218. The smallest absolute Gasteiger partial charge is 0.250 e. The van der Waals surface area contributed by atoms with E-state index in [-0.39, 0.29) is 10.8 Å². The molecule has 0 aliphatic rings. The molecule has 0 radical (unpaired) electrons. The van der Waals surface area contributed by atoms with E-state index in [9.17, 15) is 8.42 Å². The summed E-state index contributed by atoms with van der Waals surface area (Å²) in [5.41, 5.74) is 2.55. The summed E-state index contributed by atoms with van der Waals surface area (Å²) in [6, 6.07) is 7.38. The van der Waals surface area contributed by atoms with E-state index < -0.39 is 10.0 Å². The molecule has 0 spiro atoms. The van der Waals surface area contributed by atoms with Gasteiger partial charge in [-0.05, 0) is 30.7 Å². The van der Waals surface area contributed by atoms with E-state index >= 15 is 0 Å². The second-order valence-electron chi connectivity index (χ2n) is 6.19. The van der Waals surface area contributed by atoms with Crippen LogP contribution in [0.2, 0.25) is 0 Å². The molecule has 0 aromatic carbocycles. The van der Waals surface area contributed by atoms with Crippen molar-refractivity contribution in [3.05, 3.63) is 54.6 Å². The van der Waals surface area contributed by atoms with E-state index in [4.69, 9.17) is 0 Å². The van der Waals surface area contributed by atoms with Gasteiger partial charge in [-0.2, -0.15) is 5.10 Å². The second kappa shape index (κ2) is 7.26. The fraction of sp³-hybridized carbons (Fsp3) is 0.222. The molecule has 2 N–H and O–H groups in total. The van der Waals surface area contributed by atoms with Crippen molar-refractivity contribution in [2.75, 3.05) is 0 Å². The summed E-state index contributed by atoms with van der Waals surface area (Å²) >= 11 is 1.23. The van der Waals surface area contributed by atoms with Crippen LogP contribution in [0, 0.1) is 0 Å². The Morgan fingerprint density at radius 2 is 2.15 bits per heavy atom. The van der Waals surface area contributed by atoms with Crippen molar-refractivity contribution in [1.29, 1.82) is 0 Å². The van der Waals surface area contributed by atoms with Crippen LogP contribution >= 0.6 is 11.3 Å². The van der Waals surface area contributed by atoms with Crippen LogP contribution in [0.15, 0.2) is 53.3 Å². The molecular weight excluding hydrogens is 382 g/mol. The lowest BCUT2D eigenvalue weighted by molar-refractivity contribution is 0.583. The Balaban J connectivity index is 1.50. The number of nitrogens with one attached hydrogen (secondary N) is 2. The fourth-order valence-electron chi connectivity index (χ4n) is 2.79. The van der Waals surface area contributed by atoms with Crippen LogP contribution in [-0.2, 0) is 23.1 Å². The maximum Gasteiger partial charge on any atom is 0.250 e. The van der Waals surface area contributed by atoms with E-state index in [1.165, 1.54) is 11.3 Å². The lowest BCUT2D eigenvalue weighted by atomic mass is 10.2. The van der Waals surface area contributed by atoms with Crippen molar-refractivity contribution in [3.63, 3.8) is 0 Å². The zero-order valence-corrected chi connectivity index (χ0v) is 16.3. The maximum absolute atomic E-state index is 12.6. The predicted octanol–water partition coefficient (Wildman–Crippen LogP) is 3.38. The Morgan fingerprint density at radius 3 is 3.00 bits per heavy atom. The molecule has 0 saturated heterocycles. The molecule has 7 nitrogen and oxygen atoms in total. The highest BCUT2D eigenvalue weighted by Gasteiger charge is 2.18. The van der Waals surface area contributed by atoms with Gasteiger partial charge in [-0.25, -0.2) is 18.1 Å². The van der Waals surface area contributed by atoms with Crippen LogP contribution in [-0.4, -0.2) is 28.2 Å². The molecule has 27 heavy (non-hydrogen) atoms. The van der Waals surface area contributed by atoms with Crippen LogP contribution in [0.5, 0.6) is 0 Å². The number of hydrogen-bond acceptors (Lipinski definition) is 5. The van der Waals surface area contributed by atoms with Gasteiger partial charge >= 0.3 is 0 Å². The van der Waals surface area contributed by atoms with Crippen molar-refractivity contribution < 1.29 is 8.42 Å². The number of sulfonamides is 1. The van der Waals surface area contributed by atoms with E-state index in [0.29, 0.717) is 0 Å². The minimum Gasteiger partial charge on any atom is -0.346 e. The monoisotopic (exact) mass is 401 g/mol. The van der Waals surface area contributed by atoms with Gasteiger partial charge in [0.2, 0.25) is 10.0 Å². The van der Waals surface area contributed by atoms with Crippen LogP contribution < -0.4 is 4.72 Å². The van der Waals surface area contributed by atoms with Crippen molar-refractivity contribution in [3.8, 4) is 10.4 Å². The first-order chi connectivity index (χ1) is 13.0. The summed E-state index contributed by atoms with van der Waals surface area (Å²) in [4.78, 5) is 8.27. The molecule has 4 aromatic rings. The van der Waals surface area contributed by atoms with Gasteiger partial charge in [-0.15, -0.1) is 11.3 Å². The number of fused-ring (bicyclic) bond motifs is 1. The lowest BCUT2D eigenvalue weighted by Gasteiger charge is -2.03. The number of H-pyrrole nitrogens is 1. The predicted molar refractivity (Wildman–Crippen MR) is 106 cm³/mol. The molecule has 0 bridgehead atoms. The van der Waals surface area contributed by atoms with E-state index in [2.05, 4.69) is 26.7 Å². The maximum atomic E-state index is 12.6. The van der Waals surface area contributed by atoms with Gasteiger partial charge in [-0.1, -0.05) is 6.92 Å². The molecule has 0 aliphatic carbocycles. The summed E-state index contributed by atoms with van der Waals surface area (Å²) < 4.78 is 30.0. The highest BCUT2D eigenvalue weighted by Crippen LogP contribution is 2.31. The topological polar surface area (TPSA) is 92.7 Å². The quantitative estimate of drug-likeness (QED) is 0.496. The molecule has 0 atom stereocenters. The number of pyridine rings is 1. The molecule has 4 rings (SSSR count). The number of aryl methyl sites for hydroxylation is 1. The first kappa shape index (κ1) is 17.9. The van der Waals surface area contributed by atoms with Crippen LogP contribution in [0.3, 0.4) is 0 Å². The summed E-state index contributed by atoms with van der Waals surface area (Å²) in [6.07, 6.45) is 8.11. The van der Waals surface area contributed by atoms with Crippen molar-refractivity contribution >= 4 is 32.4 Å². The van der Waals surface area contributed by atoms with Crippen molar-refractivity contribution in [1.82, 2.24) is 24.5 Å². The summed E-state index contributed by atoms with van der Waals surface area (Å²) in [5, 5.41) is 5.21. The summed E-state index contributed by atoms with van der Waals surface area (Å²) in [6.45, 7) is 3.11. The molecule has 4 heterocycles. The summed E-state index contributed by atoms with van der Waals surface area (Å²) in [7, 11) is -3.58. The molecule has 0 unspecified atom stereocenters. The zero-order valence-electron chi connectivity index (χ0n) is 14.7. The number of thiophene rings is 1. The standard InChI is InChI=1S/C18H19N5O2S2/c1-2-7-23-12-13(9-21-23)10-22-27(24,25)17-4-3-16(26-17)15-8-14-5-6-19-18(14)20-11-15/h3-6,8-9,11-12,22H,2,7,10H2,1H3,(H,19,20). The average Bonchev–Trinajstić information content (AvgIpc) is 3.40. The molecular formula is C18H19N5O2S2. The number of aromatic amines is 1. The molecule has 0 amide bonds. The van der Waals surface area contributed by atoms with Gasteiger partial charge in [0.05, 0.1) is 6.20 Å². The number of nitrogens with zero attached hydrogens (tertiary/aromatic N) is 3. The Kier molecular flexibility index (Phi) is 4.81. The number of hydrogen-bond donors (Lipinski definition) is 2. The fourth-order valence-corrected chi connectivity index (χ4v) is 5.14. The zero-order chi connectivity index (χ0) is 18.9. The SMILES string of the molecule is CCCn1cc(CNS(=O)(=O)c2ccc(-c3cnc4[nH]ccc4c3)s2)cn1. The molecule has 0 fully saturated rings. The van der Waals surface area contributed by atoms with E-state index in [1.54, 1.807) is 18.5 Å². The molecule has 140 valence electrons. The van der Waals surface area contributed by atoms with Crippen molar-refractivity contribution in [2.24, 2.45) is 0 Å². The minimum atomic E-state index is -3.58. The number of aromatic nitrogens is 4. The van der Waals surface area contributed by atoms with Gasteiger partial charge in [-0.3, -0.25) is 4.68 Å². The second-order valence-corrected chi connectivity index (χ2v) is 9.27. The first-order valence-electron chi connectivity index (χ1n) is 8.59. The Morgan fingerprint density at radius 1 is 1.26 bits per heavy atom. The van der Waals surface area contributed by atoms with Gasteiger partial charge < -0.3 is 4.98 Å². The summed E-state index contributed by atoms with van der Waals surface area (Å²) in [5.74, 6) is 0. The molecule has 0 aliphatic heterocycles. The van der Waals surface area contributed by atoms with Gasteiger partial charge in [0.1, 0.15) is 9.86 Å². The average molecular weight is 402 g/mol. The molecule has 4 aromatic heterocycles.